The number of likely N-dealkylation sites (tertiary alicyclic amines) is 1. The van der Waals surface area contributed by atoms with Crippen LogP contribution in [0.4, 0.5) is 28.4 Å². The van der Waals surface area contributed by atoms with Crippen LogP contribution in [-0.4, -0.2) is 218 Å². The number of nitro benzene ring substituents is 1. The molecule has 3 saturated heterocycles. The number of carbonyl (C=O) groups excluding carboxylic acids is 4. The van der Waals surface area contributed by atoms with Crippen LogP contribution < -0.4 is 35.2 Å². The number of anilines is 4. The van der Waals surface area contributed by atoms with Gasteiger partial charge in [0.15, 0.2) is 0 Å². The van der Waals surface area contributed by atoms with Crippen LogP contribution in [0.15, 0.2) is 119 Å². The Labute approximate surface area is 615 Å². The number of nitrogens with one attached hydrogen (secondary N) is 5. The van der Waals surface area contributed by atoms with E-state index in [0.29, 0.717) is 107 Å². The van der Waals surface area contributed by atoms with Crippen LogP contribution in [0, 0.1) is 22.5 Å². The Morgan fingerprint density at radius 2 is 1.60 bits per heavy atom. The van der Waals surface area contributed by atoms with Crippen molar-refractivity contribution >= 4 is 102 Å². The Balaban J connectivity index is 0.612. The molecule has 4 aromatic carbocycles. The molecule has 26 nitrogen and oxygen atoms in total. The van der Waals surface area contributed by atoms with Gasteiger partial charge in [0.1, 0.15) is 29.1 Å². The SMILES string of the molecule is Cc1ncsc1-c1ccc([C@H](C)NC(=O)[C@@H]2C[C@@H](O)CN2C(=O)[C@@H](NC(=O)CCOCCN2CCN(CCNc3ccc(S(=O)(=O)NC(=O)c4ccc(N5CCN(CC6=C(c7ccc(Cl)cc7)CC(C)(C)OC6)CC5)cc4N4CCCOc5nc6[nH]ccc6cc54)cc3[N+](=O)[O-])CC2)C(C)(C)C)cc1. The van der Waals surface area contributed by atoms with Gasteiger partial charge in [-0.05, 0) is 122 Å². The third kappa shape index (κ3) is 18.0. The van der Waals surface area contributed by atoms with Crippen molar-refractivity contribution in [3.05, 3.63) is 152 Å². The average Bonchev–Trinajstić information content (AvgIpc) is 1.27. The van der Waals surface area contributed by atoms with E-state index in [-0.39, 0.29) is 60.7 Å². The maximum atomic E-state index is 14.7. The minimum absolute atomic E-state index is 0.00233. The van der Waals surface area contributed by atoms with E-state index >= 15 is 0 Å². The van der Waals surface area contributed by atoms with Crippen molar-refractivity contribution in [3.63, 3.8) is 0 Å². The number of piperazine rings is 2. The zero-order valence-corrected chi connectivity index (χ0v) is 62.3. The van der Waals surface area contributed by atoms with Crippen molar-refractivity contribution < 1.29 is 51.8 Å². The molecule has 0 radical (unpaired) electrons. The smallest absolute Gasteiger partial charge is 0.293 e. The van der Waals surface area contributed by atoms with Crippen molar-refractivity contribution in [2.75, 3.05) is 133 Å². The first kappa shape index (κ1) is 75.1. The molecule has 7 aromatic rings. The van der Waals surface area contributed by atoms with Gasteiger partial charge < -0.3 is 55.0 Å². The summed E-state index contributed by atoms with van der Waals surface area (Å²) >= 11 is 7.85. The first-order valence-corrected chi connectivity index (χ1v) is 38.3. The zero-order valence-electron chi connectivity index (χ0n) is 59.9. The lowest BCUT2D eigenvalue weighted by atomic mass is 9.85. The van der Waals surface area contributed by atoms with Crippen LogP contribution >= 0.6 is 22.9 Å². The molecule has 5 aliphatic heterocycles. The Morgan fingerprint density at radius 3 is 2.31 bits per heavy atom. The average molecular weight is 1480 g/mol. The van der Waals surface area contributed by atoms with Crippen molar-refractivity contribution in [2.24, 2.45) is 5.41 Å². The minimum Gasteiger partial charge on any atom is -0.476 e. The number of amides is 4. The van der Waals surface area contributed by atoms with E-state index in [0.717, 1.165) is 83.5 Å². The van der Waals surface area contributed by atoms with Gasteiger partial charge in [0.2, 0.25) is 23.6 Å². The number of aliphatic hydroxyl groups is 1. The number of rotatable bonds is 25. The second-order valence-electron chi connectivity index (χ2n) is 29.1. The summed E-state index contributed by atoms with van der Waals surface area (Å²) in [5, 5.41) is 33.9. The number of sulfonamides is 1. The number of aliphatic hydroxyl groups excluding tert-OH is 1. The number of aromatic nitrogens is 3. The highest BCUT2D eigenvalue weighted by Crippen LogP contribution is 2.42. The number of carbonyl (C=O) groups is 4. The van der Waals surface area contributed by atoms with Crippen LogP contribution in [0.25, 0.3) is 27.0 Å². The lowest BCUT2D eigenvalue weighted by molar-refractivity contribution is -0.384. The molecule has 4 atom stereocenters. The lowest BCUT2D eigenvalue weighted by Gasteiger charge is -2.39. The number of halogens is 1. The quantitative estimate of drug-likeness (QED) is 0.0176. The number of ether oxygens (including phenoxy) is 3. The Morgan fingerprint density at radius 1 is 0.875 bits per heavy atom. The first-order chi connectivity index (χ1) is 49.7. The van der Waals surface area contributed by atoms with Crippen LogP contribution in [0.2, 0.25) is 5.02 Å². The third-order valence-electron chi connectivity index (χ3n) is 20.1. The monoisotopic (exact) mass is 1480 g/mol. The molecular weight excluding hydrogens is 1390 g/mol. The summed E-state index contributed by atoms with van der Waals surface area (Å²) in [6.45, 7) is 23.2. The standard InChI is InChI=1S/C75H93ClN14O12S2/c1-48(50-9-11-52(12-10-50)67-49(2)79-47-103-67)80-71(94)64-41-57(91)45-89(64)73(95)68(74(3,4)5)81-66(92)22-37-100-38-35-85-29-27-84(28-30-85)26-24-77-61-20-18-58(42-63(61)90(96)97)104(98,99)83-70(93)59-19-17-56(40-62(59)88-25-8-36-101-72-65(88)39-53-21-23-78-69(53)82-72)87-33-31-86(32-34-87)44-54-46-102-75(6,7)43-60(54)51-13-15-55(76)16-14-51/h9-21,23,39-40,42,47-48,57,64,68,77,91H,8,22,24-38,41,43-46H2,1-7H3,(H,78,82)(H,80,94)(H,81,92)(H,83,93)/t48-,57+,64-,68+/m0/s1. The maximum absolute atomic E-state index is 14.7. The molecule has 4 amide bonds. The summed E-state index contributed by atoms with van der Waals surface area (Å²) in [5.74, 6) is -1.78. The van der Waals surface area contributed by atoms with E-state index < -0.39 is 60.9 Å². The topological polar surface area (TPSA) is 303 Å². The number of hydrogen-bond acceptors (Lipinski definition) is 21. The van der Waals surface area contributed by atoms with Crippen molar-refractivity contribution in [2.45, 2.75) is 109 Å². The van der Waals surface area contributed by atoms with Gasteiger partial charge in [-0.1, -0.05) is 68.8 Å². The molecule has 5 aliphatic rings. The number of aryl methyl sites for hydroxylation is 1. The van der Waals surface area contributed by atoms with Crippen molar-refractivity contribution in [1.29, 1.82) is 0 Å². The molecule has 29 heteroatoms. The summed E-state index contributed by atoms with van der Waals surface area (Å²) < 4.78 is 49.2. The number of thiazole rings is 1. The molecule has 8 heterocycles. The van der Waals surface area contributed by atoms with Crippen molar-refractivity contribution in [1.82, 2.24) is 49.9 Å². The van der Waals surface area contributed by atoms with Gasteiger partial charge in [0.05, 0.1) is 81.3 Å². The number of hydrogen-bond donors (Lipinski definition) is 6. The number of H-pyrrole nitrogens is 1. The highest BCUT2D eigenvalue weighted by molar-refractivity contribution is 7.90. The van der Waals surface area contributed by atoms with E-state index in [4.69, 9.17) is 30.8 Å². The molecule has 554 valence electrons. The number of nitro groups is 1. The third-order valence-corrected chi connectivity index (χ3v) is 22.6. The molecule has 0 spiro atoms. The number of pyridine rings is 1. The molecule has 104 heavy (non-hydrogen) atoms. The molecule has 0 bridgehead atoms. The fourth-order valence-corrected chi connectivity index (χ4v) is 16.1. The van der Waals surface area contributed by atoms with E-state index in [1.807, 2.05) is 106 Å². The van der Waals surface area contributed by atoms with Crippen LogP contribution in [0.3, 0.4) is 0 Å². The lowest BCUT2D eigenvalue weighted by Crippen LogP contribution is -2.58. The molecular formula is C75H93ClN14O12S2. The molecule has 12 rings (SSSR count). The highest BCUT2D eigenvalue weighted by atomic mass is 35.5. The summed E-state index contributed by atoms with van der Waals surface area (Å²) in [4.78, 5) is 93.4. The van der Waals surface area contributed by atoms with Crippen LogP contribution in [-0.2, 0) is 33.9 Å². The van der Waals surface area contributed by atoms with Gasteiger partial charge in [-0.25, -0.2) is 18.1 Å². The van der Waals surface area contributed by atoms with Crippen LogP contribution in [0.5, 0.6) is 5.88 Å². The van der Waals surface area contributed by atoms with E-state index in [9.17, 15) is 42.8 Å². The number of nitrogens with zero attached hydrogens (tertiary/aromatic N) is 9. The summed E-state index contributed by atoms with van der Waals surface area (Å²) in [6, 6.07) is 26.3. The Bertz CT molecular complexity index is 4420. The molecule has 3 aromatic heterocycles. The highest BCUT2D eigenvalue weighted by Gasteiger charge is 2.45. The van der Waals surface area contributed by atoms with Gasteiger partial charge >= 0.3 is 0 Å². The van der Waals surface area contributed by atoms with Gasteiger partial charge in [0.25, 0.3) is 21.6 Å². The molecule has 3 fully saturated rings. The Kier molecular flexibility index (Phi) is 23.4. The van der Waals surface area contributed by atoms with Crippen LogP contribution in [0.1, 0.15) is 100 Å². The zero-order chi connectivity index (χ0) is 73.6. The predicted octanol–water partition coefficient (Wildman–Crippen LogP) is 9.18. The minimum atomic E-state index is -4.68. The molecule has 6 N–H and O–H groups in total. The Hall–Kier alpha value is -8.58. The van der Waals surface area contributed by atoms with Crippen molar-refractivity contribution in [3.8, 4) is 16.3 Å². The van der Waals surface area contributed by atoms with E-state index in [2.05, 4.69) is 76.2 Å². The summed E-state index contributed by atoms with van der Waals surface area (Å²) in [5.41, 5.74) is 9.51. The van der Waals surface area contributed by atoms with Gasteiger partial charge in [-0.15, -0.1) is 11.3 Å². The number of benzene rings is 4. The largest absolute Gasteiger partial charge is 0.476 e. The van der Waals surface area contributed by atoms with Gasteiger partial charge in [-0.3, -0.25) is 44.0 Å². The summed E-state index contributed by atoms with van der Waals surface area (Å²) in [6.07, 6.45) is 2.28. The number of β-amino-alcohol motifs (C(OH)–C–C–N with tert-alkyl or cyclic N) is 1. The van der Waals surface area contributed by atoms with Gasteiger partial charge in [0, 0.05) is 139 Å². The van der Waals surface area contributed by atoms with E-state index in [1.54, 1.807) is 23.6 Å². The number of aromatic amines is 1. The van der Waals surface area contributed by atoms with E-state index in [1.165, 1.54) is 28.2 Å². The fourth-order valence-electron chi connectivity index (χ4n) is 14.2. The second-order valence-corrected chi connectivity index (χ2v) is 32.1. The van der Waals surface area contributed by atoms with Gasteiger partial charge in [-0.2, -0.15) is 4.98 Å². The molecule has 0 saturated carbocycles. The normalized spacial score (nSPS) is 19.1. The number of fused-ring (bicyclic) bond motifs is 2. The first-order valence-electron chi connectivity index (χ1n) is 35.6. The molecule has 0 aliphatic carbocycles. The maximum Gasteiger partial charge on any atom is 0.293 e. The predicted molar refractivity (Wildman–Crippen MR) is 402 cm³/mol. The fraction of sp³-hybridized carbons (Fsp3) is 0.467. The molecule has 0 unspecified atom stereocenters. The second kappa shape index (κ2) is 32.4. The summed E-state index contributed by atoms with van der Waals surface area (Å²) in [7, 11) is -4.68.